The molecule has 0 radical (unpaired) electrons. The van der Waals surface area contributed by atoms with E-state index in [1.54, 1.807) is 28.8 Å². The van der Waals surface area contributed by atoms with Crippen LogP contribution in [0.15, 0.2) is 54.6 Å². The quantitative estimate of drug-likeness (QED) is 0.845. The summed E-state index contributed by atoms with van der Waals surface area (Å²) in [4.78, 5) is 29.4. The molecule has 0 aliphatic carbocycles. The van der Waals surface area contributed by atoms with Crippen LogP contribution in [0, 0.1) is 0 Å². The number of benzene rings is 2. The van der Waals surface area contributed by atoms with Crippen molar-refractivity contribution in [2.45, 2.75) is 12.5 Å². The molecule has 2 amide bonds. The zero-order valence-corrected chi connectivity index (χ0v) is 14.0. The summed E-state index contributed by atoms with van der Waals surface area (Å²) in [7, 11) is 0. The fourth-order valence-corrected chi connectivity index (χ4v) is 4.49. The first-order chi connectivity index (χ1) is 11.8. The minimum atomic E-state index is -0.381. The fraction of sp³-hybridized carbons (Fsp3) is 0.263. The normalized spacial score (nSPS) is 19.4. The predicted molar refractivity (Wildman–Crippen MR) is 96.2 cm³/mol. The van der Waals surface area contributed by atoms with E-state index < -0.39 is 0 Å². The summed E-state index contributed by atoms with van der Waals surface area (Å²) in [6, 6.07) is 16.8. The van der Waals surface area contributed by atoms with Gasteiger partial charge in [-0.15, -0.1) is 11.8 Å². The van der Waals surface area contributed by atoms with Crippen molar-refractivity contribution in [3.63, 3.8) is 0 Å². The molecule has 0 unspecified atom stereocenters. The van der Waals surface area contributed by atoms with Crippen LogP contribution in [0.1, 0.15) is 15.9 Å². The predicted octanol–water partition coefficient (Wildman–Crippen LogP) is 2.79. The van der Waals surface area contributed by atoms with E-state index in [9.17, 15) is 9.59 Å². The van der Waals surface area contributed by atoms with E-state index in [2.05, 4.69) is 6.07 Å². The highest BCUT2D eigenvalue weighted by molar-refractivity contribution is 7.99. The molecular weight excluding hydrogens is 320 g/mol. The molecule has 0 bridgehead atoms. The van der Waals surface area contributed by atoms with E-state index in [1.807, 2.05) is 41.3 Å². The number of anilines is 1. The van der Waals surface area contributed by atoms with Crippen molar-refractivity contribution in [3.8, 4) is 0 Å². The summed E-state index contributed by atoms with van der Waals surface area (Å²) in [6.45, 7) is 0.701. The molecular formula is C19H18N2O2S. The number of fused-ring (bicyclic) bond motifs is 1. The van der Waals surface area contributed by atoms with Crippen LogP contribution in [0.2, 0.25) is 0 Å². The standard InChI is InChI=1S/C19H18N2O2S/c22-18(15-7-2-1-3-8-15)21-13-24-12-17(21)19(23)20-11-10-14-6-4-5-9-16(14)20/h1-9,17H,10-13H2/t17-/m0/s1. The van der Waals surface area contributed by atoms with Gasteiger partial charge in [-0.1, -0.05) is 36.4 Å². The number of para-hydroxylation sites is 1. The van der Waals surface area contributed by atoms with Crippen molar-refractivity contribution in [3.05, 3.63) is 65.7 Å². The van der Waals surface area contributed by atoms with Gasteiger partial charge in [0.05, 0.1) is 5.88 Å². The number of amides is 2. The molecule has 1 atom stereocenters. The Labute approximate surface area is 145 Å². The molecule has 0 N–H and O–H groups in total. The van der Waals surface area contributed by atoms with Crippen LogP contribution in [-0.2, 0) is 11.2 Å². The molecule has 122 valence electrons. The van der Waals surface area contributed by atoms with Crippen molar-refractivity contribution in [2.75, 3.05) is 23.1 Å². The second kappa shape index (κ2) is 6.32. The number of carbonyl (C=O) groups is 2. The van der Waals surface area contributed by atoms with Gasteiger partial charge in [-0.2, -0.15) is 0 Å². The number of rotatable bonds is 2. The number of hydrogen-bond acceptors (Lipinski definition) is 3. The minimum Gasteiger partial charge on any atom is -0.316 e. The third-order valence-electron chi connectivity index (χ3n) is 4.60. The largest absolute Gasteiger partial charge is 0.316 e. The molecule has 4 rings (SSSR count). The lowest BCUT2D eigenvalue weighted by Gasteiger charge is -2.27. The number of hydrogen-bond donors (Lipinski definition) is 0. The molecule has 2 aliphatic rings. The summed E-state index contributed by atoms with van der Waals surface area (Å²) in [5, 5.41) is 0. The smallest absolute Gasteiger partial charge is 0.255 e. The van der Waals surface area contributed by atoms with Crippen molar-refractivity contribution in [1.82, 2.24) is 4.90 Å². The zero-order chi connectivity index (χ0) is 16.5. The van der Waals surface area contributed by atoms with E-state index >= 15 is 0 Å². The van der Waals surface area contributed by atoms with Crippen molar-refractivity contribution < 1.29 is 9.59 Å². The maximum Gasteiger partial charge on any atom is 0.255 e. The van der Waals surface area contributed by atoms with Crippen LogP contribution < -0.4 is 4.90 Å². The Morgan fingerprint density at radius 2 is 1.75 bits per heavy atom. The van der Waals surface area contributed by atoms with E-state index in [-0.39, 0.29) is 17.9 Å². The minimum absolute atomic E-state index is 0.0363. The maximum absolute atomic E-state index is 13.1. The van der Waals surface area contributed by atoms with Crippen molar-refractivity contribution in [2.24, 2.45) is 0 Å². The molecule has 4 nitrogen and oxygen atoms in total. The van der Waals surface area contributed by atoms with E-state index in [4.69, 9.17) is 0 Å². The monoisotopic (exact) mass is 338 g/mol. The molecule has 2 aromatic rings. The topological polar surface area (TPSA) is 40.6 Å². The lowest BCUT2D eigenvalue weighted by atomic mass is 10.1. The van der Waals surface area contributed by atoms with Crippen LogP contribution in [0.25, 0.3) is 0 Å². The fourth-order valence-electron chi connectivity index (χ4n) is 3.34. The van der Waals surface area contributed by atoms with E-state index in [1.165, 1.54) is 5.56 Å². The van der Waals surface area contributed by atoms with Gasteiger partial charge in [-0.3, -0.25) is 9.59 Å². The average molecular weight is 338 g/mol. The Balaban J connectivity index is 1.57. The summed E-state index contributed by atoms with van der Waals surface area (Å²) in [5.74, 6) is 1.20. The van der Waals surface area contributed by atoms with Crippen LogP contribution >= 0.6 is 11.8 Å². The van der Waals surface area contributed by atoms with Gasteiger partial charge < -0.3 is 9.80 Å². The molecule has 1 fully saturated rings. The van der Waals surface area contributed by atoms with Crippen LogP contribution in [-0.4, -0.2) is 40.9 Å². The number of thioether (sulfide) groups is 1. The molecule has 24 heavy (non-hydrogen) atoms. The molecule has 0 spiro atoms. The van der Waals surface area contributed by atoms with Gasteiger partial charge in [0, 0.05) is 23.5 Å². The van der Waals surface area contributed by atoms with Gasteiger partial charge in [0.2, 0.25) is 0 Å². The highest BCUT2D eigenvalue weighted by atomic mass is 32.2. The molecule has 5 heteroatoms. The lowest BCUT2D eigenvalue weighted by molar-refractivity contribution is -0.121. The Morgan fingerprint density at radius 1 is 1.00 bits per heavy atom. The van der Waals surface area contributed by atoms with Gasteiger partial charge in [0.15, 0.2) is 0 Å². The van der Waals surface area contributed by atoms with E-state index in [0.29, 0.717) is 23.7 Å². The SMILES string of the molecule is O=C([C@@H]1CSCN1C(=O)c1ccccc1)N1CCc2ccccc21. The van der Waals surface area contributed by atoms with E-state index in [0.717, 1.165) is 12.1 Å². The summed E-state index contributed by atoms with van der Waals surface area (Å²) >= 11 is 1.64. The second-order valence-electron chi connectivity index (χ2n) is 6.03. The second-order valence-corrected chi connectivity index (χ2v) is 7.03. The Bertz CT molecular complexity index is 778. The molecule has 2 heterocycles. The highest BCUT2D eigenvalue weighted by Crippen LogP contribution is 2.31. The van der Waals surface area contributed by atoms with Gasteiger partial charge in [-0.05, 0) is 30.2 Å². The number of carbonyl (C=O) groups excluding carboxylic acids is 2. The van der Waals surface area contributed by atoms with Crippen molar-refractivity contribution >= 4 is 29.3 Å². The maximum atomic E-state index is 13.1. The van der Waals surface area contributed by atoms with Crippen LogP contribution in [0.4, 0.5) is 5.69 Å². The van der Waals surface area contributed by atoms with Crippen LogP contribution in [0.3, 0.4) is 0 Å². The molecule has 0 saturated carbocycles. The van der Waals surface area contributed by atoms with Gasteiger partial charge in [0.25, 0.3) is 11.8 Å². The molecule has 2 aromatic carbocycles. The summed E-state index contributed by atoms with van der Waals surface area (Å²) < 4.78 is 0. The summed E-state index contributed by atoms with van der Waals surface area (Å²) in [6.07, 6.45) is 0.883. The van der Waals surface area contributed by atoms with Gasteiger partial charge in [0.1, 0.15) is 6.04 Å². The van der Waals surface area contributed by atoms with Gasteiger partial charge >= 0.3 is 0 Å². The highest BCUT2D eigenvalue weighted by Gasteiger charge is 2.39. The Morgan fingerprint density at radius 3 is 2.58 bits per heavy atom. The lowest BCUT2D eigenvalue weighted by Crippen LogP contribution is -2.48. The first kappa shape index (κ1) is 15.3. The first-order valence-corrected chi connectivity index (χ1v) is 9.24. The Kier molecular flexibility index (Phi) is 4.02. The molecule has 1 saturated heterocycles. The first-order valence-electron chi connectivity index (χ1n) is 8.09. The number of nitrogens with zero attached hydrogens (tertiary/aromatic N) is 2. The zero-order valence-electron chi connectivity index (χ0n) is 13.2. The summed E-state index contributed by atoms with van der Waals surface area (Å²) in [5.41, 5.74) is 2.84. The molecule has 2 aliphatic heterocycles. The molecule has 0 aromatic heterocycles. The average Bonchev–Trinajstić information content (AvgIpc) is 3.28. The van der Waals surface area contributed by atoms with Crippen molar-refractivity contribution in [1.29, 1.82) is 0 Å². The van der Waals surface area contributed by atoms with Gasteiger partial charge in [-0.25, -0.2) is 0 Å². The van der Waals surface area contributed by atoms with Crippen LogP contribution in [0.5, 0.6) is 0 Å². The third kappa shape index (κ3) is 2.59. The third-order valence-corrected chi connectivity index (χ3v) is 5.61. The Hall–Kier alpha value is -2.27.